The summed E-state index contributed by atoms with van der Waals surface area (Å²) in [6, 6.07) is 18.6. The molecule has 1 fully saturated rings. The highest BCUT2D eigenvalue weighted by molar-refractivity contribution is 5.68. The maximum absolute atomic E-state index is 12.7. The number of carbonyl (C=O) groups excluding carboxylic acids is 2. The van der Waals surface area contributed by atoms with Crippen molar-refractivity contribution in [1.29, 1.82) is 0 Å². The van der Waals surface area contributed by atoms with Gasteiger partial charge in [-0.25, -0.2) is 14.6 Å². The van der Waals surface area contributed by atoms with Gasteiger partial charge in [0.05, 0.1) is 12.1 Å². The summed E-state index contributed by atoms with van der Waals surface area (Å²) >= 11 is 0. The third-order valence-electron chi connectivity index (χ3n) is 6.31. The van der Waals surface area contributed by atoms with Crippen LogP contribution in [0.3, 0.4) is 0 Å². The zero-order valence-corrected chi connectivity index (χ0v) is 22.2. The smallest absolute Gasteiger partial charge is 0.422 e. The molecule has 0 aliphatic heterocycles. The predicted molar refractivity (Wildman–Crippen MR) is 143 cm³/mol. The fraction of sp³-hybridized carbons (Fsp3) is 0.517. The van der Waals surface area contributed by atoms with Crippen LogP contribution < -0.4 is 10.7 Å². The summed E-state index contributed by atoms with van der Waals surface area (Å²) in [6.45, 7) is 5.71. The lowest BCUT2D eigenvalue weighted by Gasteiger charge is -2.37. The predicted octanol–water partition coefficient (Wildman–Crippen LogP) is 4.96. The van der Waals surface area contributed by atoms with Crippen LogP contribution >= 0.6 is 0 Å². The summed E-state index contributed by atoms with van der Waals surface area (Å²) in [5, 5.41) is 16.0. The molecule has 1 aliphatic rings. The Morgan fingerprint density at radius 3 is 2.14 bits per heavy atom. The number of hydrogen-bond acceptors (Lipinski definition) is 6. The first-order valence-electron chi connectivity index (χ1n) is 13.1. The number of alkyl carbamates (subject to hydrolysis) is 1. The van der Waals surface area contributed by atoms with Gasteiger partial charge in [0, 0.05) is 12.6 Å². The summed E-state index contributed by atoms with van der Waals surface area (Å²) in [5.41, 5.74) is 4.07. The van der Waals surface area contributed by atoms with Crippen molar-refractivity contribution in [2.75, 3.05) is 6.54 Å². The van der Waals surface area contributed by atoms with E-state index in [1.807, 2.05) is 81.4 Å². The molecule has 0 bridgehead atoms. The topological polar surface area (TPSA) is 100 Å². The second kappa shape index (κ2) is 14.0. The van der Waals surface area contributed by atoms with Gasteiger partial charge in [-0.2, -0.15) is 0 Å². The second-order valence-electron chi connectivity index (χ2n) is 10.6. The molecule has 1 aliphatic carbocycles. The average Bonchev–Trinajstić information content (AvgIpc) is 2.87. The van der Waals surface area contributed by atoms with E-state index in [-0.39, 0.29) is 19.2 Å². The van der Waals surface area contributed by atoms with Crippen LogP contribution in [-0.4, -0.2) is 52.6 Å². The molecule has 1 saturated carbocycles. The van der Waals surface area contributed by atoms with E-state index in [4.69, 9.17) is 9.47 Å². The highest BCUT2D eigenvalue weighted by Gasteiger charge is 2.30. The Balaban J connectivity index is 1.70. The van der Waals surface area contributed by atoms with Crippen molar-refractivity contribution < 1.29 is 24.2 Å². The largest absolute Gasteiger partial charge is 0.445 e. The Labute approximate surface area is 220 Å². The number of rotatable bonds is 10. The van der Waals surface area contributed by atoms with Crippen molar-refractivity contribution in [2.45, 2.75) is 89.7 Å². The number of aliphatic hydroxyl groups is 1. The van der Waals surface area contributed by atoms with E-state index in [0.717, 1.165) is 43.2 Å². The van der Waals surface area contributed by atoms with E-state index in [2.05, 4.69) is 10.7 Å². The lowest BCUT2D eigenvalue weighted by atomic mass is 9.94. The van der Waals surface area contributed by atoms with Gasteiger partial charge in [0.15, 0.2) is 0 Å². The third-order valence-corrected chi connectivity index (χ3v) is 6.31. The van der Waals surface area contributed by atoms with E-state index in [1.54, 1.807) is 5.01 Å². The standard InChI is InChI=1S/C29H41N3O5/c1-29(2,3)37-28(35)31-32(24-17-11-6-12-18-24)20-26(33)25(19-22-13-7-4-8-14-22)30-27(34)36-21-23-15-9-5-10-16-23/h4-5,7-10,13-16,24-26,33H,6,11-12,17-21H2,1-3H3,(H,30,34)(H,31,35). The molecule has 3 rings (SSSR count). The van der Waals surface area contributed by atoms with Gasteiger partial charge in [0.1, 0.15) is 12.2 Å². The second-order valence-corrected chi connectivity index (χ2v) is 10.6. The molecule has 2 aromatic rings. The molecule has 0 radical (unpaired) electrons. The number of amides is 2. The van der Waals surface area contributed by atoms with Gasteiger partial charge in [-0.1, -0.05) is 79.9 Å². The highest BCUT2D eigenvalue weighted by Crippen LogP contribution is 2.22. The maximum Gasteiger partial charge on any atom is 0.422 e. The molecule has 0 heterocycles. The first-order valence-corrected chi connectivity index (χ1v) is 13.1. The van der Waals surface area contributed by atoms with E-state index in [9.17, 15) is 14.7 Å². The number of hydrazine groups is 1. The molecule has 202 valence electrons. The van der Waals surface area contributed by atoms with Gasteiger partial charge in [-0.05, 0) is 51.2 Å². The van der Waals surface area contributed by atoms with Crippen molar-refractivity contribution in [3.8, 4) is 0 Å². The maximum atomic E-state index is 12.7. The normalized spacial score (nSPS) is 16.0. The SMILES string of the molecule is CC(C)(C)OC(=O)NN(CC(O)C(Cc1ccccc1)NC(=O)OCc1ccccc1)C1CCCCC1. The van der Waals surface area contributed by atoms with Gasteiger partial charge in [0.25, 0.3) is 0 Å². The van der Waals surface area contributed by atoms with Crippen LogP contribution in [0.25, 0.3) is 0 Å². The van der Waals surface area contributed by atoms with Crippen LogP contribution in [0.4, 0.5) is 9.59 Å². The minimum Gasteiger partial charge on any atom is -0.445 e. The quantitative estimate of drug-likeness (QED) is 0.390. The van der Waals surface area contributed by atoms with E-state index in [0.29, 0.717) is 6.42 Å². The monoisotopic (exact) mass is 511 g/mol. The number of nitrogens with zero attached hydrogens (tertiary/aromatic N) is 1. The summed E-state index contributed by atoms with van der Waals surface area (Å²) in [6.07, 6.45) is 3.39. The first kappa shape index (κ1) is 28.5. The van der Waals surface area contributed by atoms with Crippen molar-refractivity contribution in [2.24, 2.45) is 0 Å². The van der Waals surface area contributed by atoms with E-state index >= 15 is 0 Å². The Hall–Kier alpha value is -3.10. The summed E-state index contributed by atoms with van der Waals surface area (Å²) in [7, 11) is 0. The molecule has 0 saturated heterocycles. The average molecular weight is 512 g/mol. The number of ether oxygens (including phenoxy) is 2. The molecule has 0 aromatic heterocycles. The first-order chi connectivity index (χ1) is 17.7. The molecule has 2 amide bonds. The zero-order chi connectivity index (χ0) is 26.7. The summed E-state index contributed by atoms with van der Waals surface area (Å²) in [4.78, 5) is 25.3. The summed E-state index contributed by atoms with van der Waals surface area (Å²) in [5.74, 6) is 0. The fourth-order valence-electron chi connectivity index (χ4n) is 4.49. The van der Waals surface area contributed by atoms with E-state index in [1.165, 1.54) is 0 Å². The minimum atomic E-state index is -0.971. The molecule has 37 heavy (non-hydrogen) atoms. The van der Waals surface area contributed by atoms with Gasteiger partial charge in [-0.15, -0.1) is 0 Å². The molecular weight excluding hydrogens is 470 g/mol. The lowest BCUT2D eigenvalue weighted by molar-refractivity contribution is -0.00406. The number of carbonyl (C=O) groups is 2. The molecular formula is C29H41N3O5. The van der Waals surface area contributed by atoms with Crippen LogP contribution in [0.15, 0.2) is 60.7 Å². The van der Waals surface area contributed by atoms with Crippen LogP contribution in [0.1, 0.15) is 64.0 Å². The van der Waals surface area contributed by atoms with Crippen molar-refractivity contribution in [3.05, 3.63) is 71.8 Å². The van der Waals surface area contributed by atoms with Gasteiger partial charge in [-0.3, -0.25) is 5.43 Å². The highest BCUT2D eigenvalue weighted by atomic mass is 16.6. The Kier molecular flexibility index (Phi) is 10.8. The van der Waals surface area contributed by atoms with Crippen LogP contribution in [0.2, 0.25) is 0 Å². The number of hydrogen-bond donors (Lipinski definition) is 3. The zero-order valence-electron chi connectivity index (χ0n) is 22.2. The van der Waals surface area contributed by atoms with Gasteiger partial charge < -0.3 is 19.9 Å². The number of aliphatic hydroxyl groups excluding tert-OH is 1. The van der Waals surface area contributed by atoms with Crippen molar-refractivity contribution in [1.82, 2.24) is 15.8 Å². The molecule has 2 unspecified atom stereocenters. The third kappa shape index (κ3) is 10.4. The van der Waals surface area contributed by atoms with Crippen LogP contribution in [0.5, 0.6) is 0 Å². The Bertz CT molecular complexity index is 959. The van der Waals surface area contributed by atoms with Crippen LogP contribution in [0, 0.1) is 0 Å². The fourth-order valence-corrected chi connectivity index (χ4v) is 4.49. The Morgan fingerprint density at radius 2 is 1.54 bits per heavy atom. The van der Waals surface area contributed by atoms with Crippen molar-refractivity contribution >= 4 is 12.2 Å². The number of benzene rings is 2. The van der Waals surface area contributed by atoms with Gasteiger partial charge >= 0.3 is 12.2 Å². The minimum absolute atomic E-state index is 0.0818. The molecule has 2 atom stereocenters. The molecule has 3 N–H and O–H groups in total. The van der Waals surface area contributed by atoms with Crippen LogP contribution in [-0.2, 0) is 22.5 Å². The van der Waals surface area contributed by atoms with E-state index < -0.39 is 29.9 Å². The summed E-state index contributed by atoms with van der Waals surface area (Å²) < 4.78 is 10.9. The Morgan fingerprint density at radius 1 is 0.946 bits per heavy atom. The lowest BCUT2D eigenvalue weighted by Crippen LogP contribution is -2.57. The molecule has 8 nitrogen and oxygen atoms in total. The molecule has 2 aromatic carbocycles. The molecule has 0 spiro atoms. The van der Waals surface area contributed by atoms with Gasteiger partial charge in [0.2, 0.25) is 0 Å². The number of nitrogens with one attached hydrogen (secondary N) is 2. The molecule has 8 heteroatoms. The van der Waals surface area contributed by atoms with Crippen molar-refractivity contribution in [3.63, 3.8) is 0 Å².